The molecule has 1 aromatic carbocycles. The number of rotatable bonds is 3. The van der Waals surface area contributed by atoms with E-state index in [1.807, 2.05) is 0 Å². The van der Waals surface area contributed by atoms with E-state index in [-0.39, 0.29) is 11.6 Å². The number of aryl methyl sites for hydroxylation is 1. The molecule has 0 aliphatic rings. The van der Waals surface area contributed by atoms with Crippen molar-refractivity contribution in [1.82, 2.24) is 0 Å². The van der Waals surface area contributed by atoms with Crippen LogP contribution in [-0.2, 0) is 18.0 Å². The van der Waals surface area contributed by atoms with Crippen molar-refractivity contribution in [3.63, 3.8) is 0 Å². The second kappa shape index (κ2) is 5.72. The number of benzene rings is 1. The molecule has 0 unspecified atom stereocenters. The Labute approximate surface area is 117 Å². The molecule has 20 heavy (non-hydrogen) atoms. The zero-order chi connectivity index (χ0) is 15.7. The van der Waals surface area contributed by atoms with Crippen molar-refractivity contribution in [1.29, 1.82) is 0 Å². The van der Waals surface area contributed by atoms with Crippen LogP contribution in [0, 0.1) is 5.82 Å². The van der Waals surface area contributed by atoms with E-state index in [0.717, 1.165) is 6.07 Å². The SMILES string of the molecule is C[C@H](N)CCc1cc(C(C)(C)C)c(F)c(C(F)(F)F)c1. The van der Waals surface area contributed by atoms with Crippen molar-refractivity contribution in [3.8, 4) is 0 Å². The Morgan fingerprint density at radius 1 is 1.10 bits per heavy atom. The van der Waals surface area contributed by atoms with Crippen LogP contribution >= 0.6 is 0 Å². The first-order valence-corrected chi connectivity index (χ1v) is 6.58. The summed E-state index contributed by atoms with van der Waals surface area (Å²) in [5.74, 6) is -1.17. The van der Waals surface area contributed by atoms with Crippen LogP contribution in [0.2, 0.25) is 0 Å². The average Bonchev–Trinajstić information content (AvgIpc) is 2.24. The van der Waals surface area contributed by atoms with E-state index in [1.165, 1.54) is 6.07 Å². The summed E-state index contributed by atoms with van der Waals surface area (Å²) < 4.78 is 52.9. The predicted molar refractivity (Wildman–Crippen MR) is 72.1 cm³/mol. The van der Waals surface area contributed by atoms with Gasteiger partial charge in [-0.2, -0.15) is 13.2 Å². The monoisotopic (exact) mass is 291 g/mol. The van der Waals surface area contributed by atoms with Crippen molar-refractivity contribution in [2.75, 3.05) is 0 Å². The minimum atomic E-state index is -4.69. The standard InChI is InChI=1S/C15H21F4N/c1-9(20)5-6-10-7-11(14(2,3)4)13(16)12(8-10)15(17,18)19/h7-9H,5-6,20H2,1-4H3/t9-/m0/s1. The van der Waals surface area contributed by atoms with Gasteiger partial charge in [0.2, 0.25) is 0 Å². The van der Waals surface area contributed by atoms with E-state index in [0.29, 0.717) is 18.4 Å². The maximum absolute atomic E-state index is 14.1. The molecule has 1 nitrogen and oxygen atoms in total. The first kappa shape index (κ1) is 17.0. The zero-order valence-corrected chi connectivity index (χ0v) is 12.2. The summed E-state index contributed by atoms with van der Waals surface area (Å²) in [6, 6.07) is 2.31. The summed E-state index contributed by atoms with van der Waals surface area (Å²) in [5.41, 5.74) is 4.31. The minimum absolute atomic E-state index is 0.0898. The molecule has 0 saturated heterocycles. The van der Waals surface area contributed by atoms with Crippen LogP contribution in [0.15, 0.2) is 12.1 Å². The quantitative estimate of drug-likeness (QED) is 0.820. The highest BCUT2D eigenvalue weighted by molar-refractivity contribution is 5.37. The van der Waals surface area contributed by atoms with Gasteiger partial charge in [0.15, 0.2) is 0 Å². The molecule has 0 aliphatic carbocycles. The molecule has 0 aromatic heterocycles. The summed E-state index contributed by atoms with van der Waals surface area (Å²) in [5, 5.41) is 0. The number of nitrogens with two attached hydrogens (primary N) is 1. The van der Waals surface area contributed by atoms with Crippen LogP contribution in [0.3, 0.4) is 0 Å². The molecule has 0 saturated carbocycles. The fourth-order valence-corrected chi connectivity index (χ4v) is 1.97. The Bertz CT molecular complexity index is 435. The molecule has 0 radical (unpaired) electrons. The lowest BCUT2D eigenvalue weighted by molar-refractivity contribution is -0.140. The van der Waals surface area contributed by atoms with Gasteiger partial charge in [0.25, 0.3) is 0 Å². The summed E-state index contributed by atoms with van der Waals surface area (Å²) >= 11 is 0. The Balaban J connectivity index is 3.35. The molecule has 2 N–H and O–H groups in total. The molecule has 1 aromatic rings. The molecule has 0 fully saturated rings. The second-order valence-electron chi connectivity index (χ2n) is 6.27. The summed E-state index contributed by atoms with van der Waals surface area (Å²) in [7, 11) is 0. The van der Waals surface area contributed by atoms with E-state index in [4.69, 9.17) is 5.73 Å². The fraction of sp³-hybridized carbons (Fsp3) is 0.600. The van der Waals surface area contributed by atoms with Crippen molar-refractivity contribution in [2.45, 2.75) is 58.2 Å². The topological polar surface area (TPSA) is 26.0 Å². The van der Waals surface area contributed by atoms with E-state index in [2.05, 4.69) is 0 Å². The summed E-state index contributed by atoms with van der Waals surface area (Å²) in [4.78, 5) is 0. The Morgan fingerprint density at radius 3 is 2.00 bits per heavy atom. The van der Waals surface area contributed by atoms with Crippen LogP contribution in [0.5, 0.6) is 0 Å². The minimum Gasteiger partial charge on any atom is -0.328 e. The molecule has 0 heterocycles. The van der Waals surface area contributed by atoms with E-state index < -0.39 is 23.0 Å². The Hall–Kier alpha value is -1.10. The molecule has 1 rings (SSSR count). The third-order valence-corrected chi connectivity index (χ3v) is 3.13. The van der Waals surface area contributed by atoms with Crippen LogP contribution in [0.4, 0.5) is 17.6 Å². The molecule has 0 amide bonds. The number of halogens is 4. The maximum atomic E-state index is 14.1. The van der Waals surface area contributed by atoms with Gasteiger partial charge >= 0.3 is 6.18 Å². The second-order valence-corrected chi connectivity index (χ2v) is 6.27. The van der Waals surface area contributed by atoms with E-state index in [1.54, 1.807) is 27.7 Å². The van der Waals surface area contributed by atoms with Crippen LogP contribution in [0.25, 0.3) is 0 Å². The van der Waals surface area contributed by atoms with Gasteiger partial charge in [0.1, 0.15) is 5.82 Å². The van der Waals surface area contributed by atoms with Gasteiger partial charge in [-0.05, 0) is 42.4 Å². The Morgan fingerprint density at radius 2 is 1.60 bits per heavy atom. The fourth-order valence-electron chi connectivity index (χ4n) is 1.97. The lowest BCUT2D eigenvalue weighted by atomic mass is 9.83. The smallest absolute Gasteiger partial charge is 0.328 e. The molecular weight excluding hydrogens is 270 g/mol. The zero-order valence-electron chi connectivity index (χ0n) is 12.2. The van der Waals surface area contributed by atoms with Crippen LogP contribution < -0.4 is 5.73 Å². The number of hydrogen-bond donors (Lipinski definition) is 1. The van der Waals surface area contributed by atoms with Gasteiger partial charge in [-0.3, -0.25) is 0 Å². The van der Waals surface area contributed by atoms with Crippen molar-refractivity contribution in [2.24, 2.45) is 5.73 Å². The normalized spacial score (nSPS) is 14.4. The van der Waals surface area contributed by atoms with Crippen LogP contribution in [0.1, 0.15) is 50.8 Å². The molecular formula is C15H21F4N. The Kier molecular flexibility index (Phi) is 4.85. The summed E-state index contributed by atoms with van der Waals surface area (Å²) in [6.07, 6.45) is -3.72. The van der Waals surface area contributed by atoms with Gasteiger partial charge in [0, 0.05) is 6.04 Å². The molecule has 0 bridgehead atoms. The van der Waals surface area contributed by atoms with Gasteiger partial charge in [0.05, 0.1) is 5.56 Å². The third kappa shape index (κ3) is 4.20. The molecule has 0 spiro atoms. The molecule has 1 atom stereocenters. The maximum Gasteiger partial charge on any atom is 0.419 e. The largest absolute Gasteiger partial charge is 0.419 e. The predicted octanol–water partition coefficient (Wildman–Crippen LogP) is 4.42. The van der Waals surface area contributed by atoms with Gasteiger partial charge in [-0.1, -0.05) is 26.8 Å². The highest BCUT2D eigenvalue weighted by atomic mass is 19.4. The summed E-state index contributed by atoms with van der Waals surface area (Å²) in [6.45, 7) is 6.88. The van der Waals surface area contributed by atoms with Gasteiger partial charge in [-0.25, -0.2) is 4.39 Å². The van der Waals surface area contributed by atoms with Gasteiger partial charge in [-0.15, -0.1) is 0 Å². The van der Waals surface area contributed by atoms with Gasteiger partial charge < -0.3 is 5.73 Å². The highest BCUT2D eigenvalue weighted by Gasteiger charge is 2.37. The third-order valence-electron chi connectivity index (χ3n) is 3.13. The molecule has 114 valence electrons. The molecule has 0 aliphatic heterocycles. The average molecular weight is 291 g/mol. The first-order valence-electron chi connectivity index (χ1n) is 6.58. The van der Waals surface area contributed by atoms with Crippen molar-refractivity contribution in [3.05, 3.63) is 34.6 Å². The number of hydrogen-bond acceptors (Lipinski definition) is 1. The van der Waals surface area contributed by atoms with E-state index in [9.17, 15) is 17.6 Å². The van der Waals surface area contributed by atoms with Crippen LogP contribution in [-0.4, -0.2) is 6.04 Å². The highest BCUT2D eigenvalue weighted by Crippen LogP contribution is 2.37. The molecule has 5 heteroatoms. The van der Waals surface area contributed by atoms with Crippen molar-refractivity contribution >= 4 is 0 Å². The van der Waals surface area contributed by atoms with E-state index >= 15 is 0 Å². The lowest BCUT2D eigenvalue weighted by Crippen LogP contribution is -2.20. The lowest BCUT2D eigenvalue weighted by Gasteiger charge is -2.23. The first-order chi connectivity index (χ1) is 8.93. The number of alkyl halides is 3. The van der Waals surface area contributed by atoms with Crippen molar-refractivity contribution < 1.29 is 17.6 Å².